The number of anilines is 1. The number of hydrogen-bond donors (Lipinski definition) is 2. The fraction of sp³-hybridized carbons (Fsp3) is 0.263. The van der Waals surface area contributed by atoms with Crippen molar-refractivity contribution in [3.63, 3.8) is 0 Å². The summed E-state index contributed by atoms with van der Waals surface area (Å²) in [6.07, 6.45) is 0. The normalized spacial score (nSPS) is 11.8. The van der Waals surface area contributed by atoms with Gasteiger partial charge in [-0.1, -0.05) is 12.1 Å². The Morgan fingerprint density at radius 2 is 2.00 bits per heavy atom. The Bertz CT molecular complexity index is 838. The van der Waals surface area contributed by atoms with Crippen LogP contribution in [-0.2, 0) is 11.3 Å². The first-order valence-corrected chi connectivity index (χ1v) is 8.69. The van der Waals surface area contributed by atoms with E-state index in [-0.39, 0.29) is 12.8 Å². The maximum absolute atomic E-state index is 11.9. The number of aryl methyl sites for hydroxylation is 1. The minimum absolute atomic E-state index is 0.252. The average molecular weight is 372 g/mol. The van der Waals surface area contributed by atoms with Crippen LogP contribution in [0.15, 0.2) is 36.4 Å². The van der Waals surface area contributed by atoms with E-state index in [1.807, 2.05) is 31.2 Å². The first kappa shape index (κ1) is 18.0. The van der Waals surface area contributed by atoms with Crippen molar-refractivity contribution in [3.05, 3.63) is 53.1 Å². The highest BCUT2D eigenvalue weighted by Gasteiger charge is 2.13. The number of thiocarbonyl (C=S) groups is 1. The van der Waals surface area contributed by atoms with Gasteiger partial charge in [0, 0.05) is 12.2 Å². The second-order valence-electron chi connectivity index (χ2n) is 5.75. The van der Waals surface area contributed by atoms with Crippen molar-refractivity contribution < 1.29 is 19.0 Å². The van der Waals surface area contributed by atoms with Crippen LogP contribution in [-0.4, -0.2) is 24.5 Å². The van der Waals surface area contributed by atoms with Crippen LogP contribution < -0.4 is 20.1 Å². The van der Waals surface area contributed by atoms with E-state index in [9.17, 15) is 4.79 Å². The molecule has 0 bridgehead atoms. The van der Waals surface area contributed by atoms with Crippen LogP contribution in [0.2, 0.25) is 0 Å². The van der Waals surface area contributed by atoms with Crippen molar-refractivity contribution in [3.8, 4) is 11.5 Å². The predicted octanol–water partition coefficient (Wildman–Crippen LogP) is 3.39. The lowest BCUT2D eigenvalue weighted by atomic mass is 10.1. The summed E-state index contributed by atoms with van der Waals surface area (Å²) in [4.78, 5) is 11.9. The Morgan fingerprint density at radius 1 is 1.19 bits per heavy atom. The fourth-order valence-corrected chi connectivity index (χ4v) is 2.68. The second-order valence-corrected chi connectivity index (χ2v) is 6.15. The van der Waals surface area contributed by atoms with Crippen LogP contribution in [0.5, 0.6) is 11.5 Å². The maximum atomic E-state index is 11.9. The van der Waals surface area contributed by atoms with Gasteiger partial charge in [-0.3, -0.25) is 0 Å². The third-order valence-electron chi connectivity index (χ3n) is 3.89. The molecule has 2 N–H and O–H groups in total. The van der Waals surface area contributed by atoms with E-state index in [1.54, 1.807) is 19.1 Å². The van der Waals surface area contributed by atoms with Crippen molar-refractivity contribution in [1.82, 2.24) is 5.32 Å². The number of ether oxygens (including phenoxy) is 3. The summed E-state index contributed by atoms with van der Waals surface area (Å²) < 4.78 is 15.7. The Hall–Kier alpha value is -2.80. The number of esters is 1. The topological polar surface area (TPSA) is 68.8 Å². The molecule has 0 aliphatic carbocycles. The van der Waals surface area contributed by atoms with Crippen molar-refractivity contribution in [1.29, 1.82) is 0 Å². The molecule has 1 heterocycles. The maximum Gasteiger partial charge on any atom is 0.338 e. The van der Waals surface area contributed by atoms with Gasteiger partial charge >= 0.3 is 5.97 Å². The molecule has 2 aromatic rings. The minimum Gasteiger partial charge on any atom is -0.462 e. The largest absolute Gasteiger partial charge is 0.462 e. The zero-order chi connectivity index (χ0) is 18.5. The van der Waals surface area contributed by atoms with Gasteiger partial charge < -0.3 is 24.8 Å². The molecule has 1 aliphatic rings. The monoisotopic (exact) mass is 372 g/mol. The highest BCUT2D eigenvalue weighted by atomic mass is 32.1. The van der Waals surface area contributed by atoms with Crippen LogP contribution >= 0.6 is 12.2 Å². The lowest BCUT2D eigenvalue weighted by Gasteiger charge is -2.14. The molecule has 2 aromatic carbocycles. The third kappa shape index (κ3) is 4.23. The summed E-state index contributed by atoms with van der Waals surface area (Å²) in [6, 6.07) is 11.1. The number of benzene rings is 2. The van der Waals surface area contributed by atoms with Crippen LogP contribution in [0, 0.1) is 6.92 Å². The molecule has 0 saturated carbocycles. The zero-order valence-electron chi connectivity index (χ0n) is 14.6. The van der Waals surface area contributed by atoms with E-state index in [1.165, 1.54) is 0 Å². The molecule has 0 radical (unpaired) electrons. The van der Waals surface area contributed by atoms with Gasteiger partial charge in [-0.2, -0.15) is 0 Å². The Kier molecular flexibility index (Phi) is 5.58. The predicted molar refractivity (Wildman–Crippen MR) is 103 cm³/mol. The number of fused-ring (bicyclic) bond motifs is 1. The van der Waals surface area contributed by atoms with Crippen molar-refractivity contribution in [2.24, 2.45) is 0 Å². The van der Waals surface area contributed by atoms with Gasteiger partial charge in [0.25, 0.3) is 0 Å². The minimum atomic E-state index is -0.352. The molecule has 0 aromatic heterocycles. The molecule has 136 valence electrons. The van der Waals surface area contributed by atoms with E-state index in [2.05, 4.69) is 10.6 Å². The van der Waals surface area contributed by atoms with E-state index in [0.29, 0.717) is 23.8 Å². The molecule has 26 heavy (non-hydrogen) atoms. The van der Waals surface area contributed by atoms with Crippen LogP contribution in [0.4, 0.5) is 5.69 Å². The zero-order valence-corrected chi connectivity index (χ0v) is 15.4. The number of rotatable bonds is 5. The molecular formula is C19H20N2O4S. The van der Waals surface area contributed by atoms with Gasteiger partial charge in [0.2, 0.25) is 6.79 Å². The number of hydrogen-bond acceptors (Lipinski definition) is 5. The molecule has 3 rings (SSSR count). The van der Waals surface area contributed by atoms with Gasteiger partial charge in [0.05, 0.1) is 12.2 Å². The summed E-state index contributed by atoms with van der Waals surface area (Å²) in [5, 5.41) is 6.74. The molecule has 0 atom stereocenters. The quantitative estimate of drug-likeness (QED) is 0.616. The van der Waals surface area contributed by atoms with E-state index < -0.39 is 0 Å². The smallest absolute Gasteiger partial charge is 0.338 e. The van der Waals surface area contributed by atoms with Crippen molar-refractivity contribution in [2.45, 2.75) is 20.4 Å². The highest BCUT2D eigenvalue weighted by molar-refractivity contribution is 7.80. The Balaban J connectivity index is 1.61. The fourth-order valence-electron chi connectivity index (χ4n) is 2.50. The molecule has 6 nitrogen and oxygen atoms in total. The molecule has 1 aliphatic heterocycles. The van der Waals surface area contributed by atoms with Crippen molar-refractivity contribution >= 4 is 29.0 Å². The first-order chi connectivity index (χ1) is 12.6. The SMILES string of the molecule is CCOC(=O)c1ccc(C)c(NC(=S)NCc2ccc3c(c2)OCO3)c1. The molecule has 0 spiro atoms. The van der Waals surface area contributed by atoms with Gasteiger partial charge in [-0.15, -0.1) is 0 Å². The van der Waals surface area contributed by atoms with Gasteiger partial charge in [-0.25, -0.2) is 4.79 Å². The Labute approximate surface area is 157 Å². The molecule has 0 saturated heterocycles. The lowest BCUT2D eigenvalue weighted by Crippen LogP contribution is -2.28. The Morgan fingerprint density at radius 3 is 2.81 bits per heavy atom. The number of carbonyl (C=O) groups is 1. The average Bonchev–Trinajstić information content (AvgIpc) is 3.10. The van der Waals surface area contributed by atoms with Gasteiger partial charge in [0.1, 0.15) is 0 Å². The first-order valence-electron chi connectivity index (χ1n) is 8.28. The van der Waals surface area contributed by atoms with Gasteiger partial charge in [0.15, 0.2) is 16.6 Å². The summed E-state index contributed by atoms with van der Waals surface area (Å²) in [7, 11) is 0. The standard InChI is InChI=1S/C19H20N2O4S/c1-3-23-18(22)14-6-4-12(2)15(9-14)21-19(26)20-10-13-5-7-16-17(8-13)25-11-24-16/h4-9H,3,10-11H2,1-2H3,(H2,20,21,26). The summed E-state index contributed by atoms with van der Waals surface area (Å²) in [5.74, 6) is 1.14. The van der Waals surface area contributed by atoms with Crippen LogP contribution in [0.3, 0.4) is 0 Å². The molecular weight excluding hydrogens is 352 g/mol. The summed E-state index contributed by atoms with van der Waals surface area (Å²) in [5.41, 5.74) is 3.25. The van der Waals surface area contributed by atoms with E-state index >= 15 is 0 Å². The molecule has 0 unspecified atom stereocenters. The highest BCUT2D eigenvalue weighted by Crippen LogP contribution is 2.32. The number of carbonyl (C=O) groups excluding carboxylic acids is 1. The third-order valence-corrected chi connectivity index (χ3v) is 4.13. The van der Waals surface area contributed by atoms with E-state index in [4.69, 9.17) is 26.4 Å². The molecule has 0 amide bonds. The lowest BCUT2D eigenvalue weighted by molar-refractivity contribution is 0.0526. The van der Waals surface area contributed by atoms with E-state index in [0.717, 1.165) is 28.3 Å². The van der Waals surface area contributed by atoms with Gasteiger partial charge in [-0.05, 0) is 61.5 Å². The van der Waals surface area contributed by atoms with Crippen LogP contribution in [0.25, 0.3) is 0 Å². The second kappa shape index (κ2) is 8.05. The summed E-state index contributed by atoms with van der Waals surface area (Å²) >= 11 is 5.36. The summed E-state index contributed by atoms with van der Waals surface area (Å²) in [6.45, 7) is 4.85. The van der Waals surface area contributed by atoms with Crippen LogP contribution in [0.1, 0.15) is 28.4 Å². The number of nitrogens with one attached hydrogen (secondary N) is 2. The van der Waals surface area contributed by atoms with Crippen molar-refractivity contribution in [2.75, 3.05) is 18.7 Å². The molecule has 0 fully saturated rings. The molecule has 7 heteroatoms.